The molecule has 3 rings (SSSR count). The van der Waals surface area contributed by atoms with Crippen molar-refractivity contribution >= 4 is 16.7 Å². The third kappa shape index (κ3) is 2.86. The molecule has 22 heavy (non-hydrogen) atoms. The number of halogens is 3. The number of fused-ring (bicyclic) bond motifs is 1. The summed E-state index contributed by atoms with van der Waals surface area (Å²) < 4.78 is 48.3. The van der Waals surface area contributed by atoms with Gasteiger partial charge in [0.05, 0.1) is 11.8 Å². The minimum atomic E-state index is -4.35. The predicted molar refractivity (Wildman–Crippen MR) is 76.4 cm³/mol. The van der Waals surface area contributed by atoms with Gasteiger partial charge in [0.1, 0.15) is 17.9 Å². The van der Waals surface area contributed by atoms with Crippen molar-refractivity contribution in [1.29, 1.82) is 0 Å². The largest absolute Gasteiger partial charge is 0.489 e. The number of nitrogens with two attached hydrogens (primary N) is 1. The average Bonchev–Trinajstić information content (AvgIpc) is 2.87. The lowest BCUT2D eigenvalue weighted by Crippen LogP contribution is -2.04. The molecule has 0 aliphatic carbocycles. The first kappa shape index (κ1) is 14.3. The first-order chi connectivity index (χ1) is 10.4. The Morgan fingerprint density at radius 3 is 2.45 bits per heavy atom. The van der Waals surface area contributed by atoms with Gasteiger partial charge in [0, 0.05) is 22.7 Å². The maximum Gasteiger partial charge on any atom is 0.416 e. The van der Waals surface area contributed by atoms with Gasteiger partial charge in [0.25, 0.3) is 0 Å². The van der Waals surface area contributed by atoms with E-state index in [1.807, 2.05) is 6.07 Å². The molecule has 3 nitrogen and oxygen atoms in total. The van der Waals surface area contributed by atoms with Crippen LogP contribution in [-0.2, 0) is 12.8 Å². The summed E-state index contributed by atoms with van der Waals surface area (Å²) in [7, 11) is 0. The number of ether oxygens (including phenoxy) is 1. The summed E-state index contributed by atoms with van der Waals surface area (Å²) >= 11 is 0. The highest BCUT2D eigenvalue weighted by molar-refractivity contribution is 5.83. The molecule has 0 saturated heterocycles. The summed E-state index contributed by atoms with van der Waals surface area (Å²) in [5, 5.41) is 0.862. The normalized spacial score (nSPS) is 11.8. The van der Waals surface area contributed by atoms with Crippen molar-refractivity contribution in [2.75, 3.05) is 5.73 Å². The van der Waals surface area contributed by atoms with Gasteiger partial charge < -0.3 is 14.9 Å². The quantitative estimate of drug-likeness (QED) is 0.719. The van der Waals surface area contributed by atoms with Crippen LogP contribution < -0.4 is 10.5 Å². The van der Waals surface area contributed by atoms with Crippen LogP contribution in [0.25, 0.3) is 11.0 Å². The maximum absolute atomic E-state index is 12.5. The topological polar surface area (TPSA) is 48.4 Å². The van der Waals surface area contributed by atoms with E-state index in [-0.39, 0.29) is 6.61 Å². The van der Waals surface area contributed by atoms with Crippen LogP contribution in [0.2, 0.25) is 0 Å². The highest BCUT2D eigenvalue weighted by Crippen LogP contribution is 2.30. The molecule has 114 valence electrons. The predicted octanol–water partition coefficient (Wildman–Crippen LogP) is 4.61. The van der Waals surface area contributed by atoms with Crippen molar-refractivity contribution < 1.29 is 22.3 Å². The molecule has 0 unspecified atom stereocenters. The fourth-order valence-electron chi connectivity index (χ4n) is 2.11. The Hall–Kier alpha value is -2.63. The number of nitrogen functional groups attached to an aromatic ring is 1. The van der Waals surface area contributed by atoms with Crippen molar-refractivity contribution in [2.45, 2.75) is 12.8 Å². The Bertz CT molecular complexity index is 791. The average molecular weight is 307 g/mol. The van der Waals surface area contributed by atoms with Crippen LogP contribution >= 0.6 is 0 Å². The number of furan rings is 1. The van der Waals surface area contributed by atoms with Crippen molar-refractivity contribution in [2.24, 2.45) is 0 Å². The van der Waals surface area contributed by atoms with E-state index in [1.54, 1.807) is 18.4 Å². The fraction of sp³-hybridized carbons (Fsp3) is 0.125. The Kier molecular flexibility index (Phi) is 3.44. The lowest BCUT2D eigenvalue weighted by atomic mass is 10.1. The summed E-state index contributed by atoms with van der Waals surface area (Å²) in [5.74, 6) is 0.359. The second-order valence-corrected chi connectivity index (χ2v) is 4.83. The van der Waals surface area contributed by atoms with Crippen LogP contribution in [0.1, 0.15) is 11.1 Å². The highest BCUT2D eigenvalue weighted by atomic mass is 19.4. The van der Waals surface area contributed by atoms with E-state index in [0.29, 0.717) is 17.0 Å². The number of alkyl halides is 3. The molecule has 3 aromatic rings. The monoisotopic (exact) mass is 307 g/mol. The first-order valence-electron chi connectivity index (χ1n) is 6.49. The van der Waals surface area contributed by atoms with Crippen molar-refractivity contribution in [1.82, 2.24) is 0 Å². The standard InChI is InChI=1S/C16H12F3NO2/c17-16(18,19)11-1-4-13(5-2-11)21-8-10-9-22-15-7-12(20)3-6-14(10)15/h1-7,9H,8,20H2. The Labute approximate surface area is 124 Å². The number of hydrogen-bond acceptors (Lipinski definition) is 3. The molecule has 0 radical (unpaired) electrons. The molecule has 0 fully saturated rings. The van der Waals surface area contributed by atoms with Crippen LogP contribution in [0.15, 0.2) is 53.1 Å². The second-order valence-electron chi connectivity index (χ2n) is 4.83. The summed E-state index contributed by atoms with van der Waals surface area (Å²) in [6, 6.07) is 9.84. The third-order valence-electron chi connectivity index (χ3n) is 3.26. The molecule has 0 spiro atoms. The molecule has 0 aliphatic rings. The summed E-state index contributed by atoms with van der Waals surface area (Å²) in [6.07, 6.45) is -2.80. The molecular weight excluding hydrogens is 295 g/mol. The van der Waals surface area contributed by atoms with E-state index in [9.17, 15) is 13.2 Å². The fourth-order valence-corrected chi connectivity index (χ4v) is 2.11. The minimum absolute atomic E-state index is 0.197. The van der Waals surface area contributed by atoms with Crippen LogP contribution in [0, 0.1) is 0 Å². The van der Waals surface area contributed by atoms with Gasteiger partial charge in [-0.15, -0.1) is 0 Å². The van der Waals surface area contributed by atoms with E-state index >= 15 is 0 Å². The van der Waals surface area contributed by atoms with E-state index < -0.39 is 11.7 Å². The molecule has 0 saturated carbocycles. The summed E-state index contributed by atoms with van der Waals surface area (Å²) in [5.41, 5.74) is 7.00. The number of anilines is 1. The molecule has 0 atom stereocenters. The van der Waals surface area contributed by atoms with E-state index in [0.717, 1.165) is 23.1 Å². The molecule has 6 heteroatoms. The summed E-state index contributed by atoms with van der Waals surface area (Å²) in [6.45, 7) is 0.197. The minimum Gasteiger partial charge on any atom is -0.489 e. The molecular formula is C16H12F3NO2. The number of rotatable bonds is 3. The second kappa shape index (κ2) is 5.29. The van der Waals surface area contributed by atoms with E-state index in [1.165, 1.54) is 12.1 Å². The maximum atomic E-state index is 12.5. The van der Waals surface area contributed by atoms with Crippen LogP contribution in [0.3, 0.4) is 0 Å². The van der Waals surface area contributed by atoms with Gasteiger partial charge in [-0.25, -0.2) is 0 Å². The Morgan fingerprint density at radius 2 is 1.77 bits per heavy atom. The van der Waals surface area contributed by atoms with Crippen molar-refractivity contribution in [3.05, 3.63) is 59.9 Å². The van der Waals surface area contributed by atoms with Gasteiger partial charge >= 0.3 is 6.18 Å². The summed E-state index contributed by atoms with van der Waals surface area (Å²) in [4.78, 5) is 0. The first-order valence-corrected chi connectivity index (χ1v) is 6.49. The van der Waals surface area contributed by atoms with Crippen molar-refractivity contribution in [3.8, 4) is 5.75 Å². The van der Waals surface area contributed by atoms with Gasteiger partial charge in [0.2, 0.25) is 0 Å². The van der Waals surface area contributed by atoms with Gasteiger partial charge in [-0.05, 0) is 36.4 Å². The molecule has 0 aliphatic heterocycles. The van der Waals surface area contributed by atoms with E-state index in [2.05, 4.69) is 0 Å². The lowest BCUT2D eigenvalue weighted by molar-refractivity contribution is -0.137. The zero-order valence-corrected chi connectivity index (χ0v) is 11.4. The third-order valence-corrected chi connectivity index (χ3v) is 3.26. The molecule has 0 bridgehead atoms. The van der Waals surface area contributed by atoms with Crippen LogP contribution in [-0.4, -0.2) is 0 Å². The number of hydrogen-bond donors (Lipinski definition) is 1. The molecule has 2 aromatic carbocycles. The Balaban J connectivity index is 1.74. The highest BCUT2D eigenvalue weighted by Gasteiger charge is 2.30. The molecule has 2 N–H and O–H groups in total. The lowest BCUT2D eigenvalue weighted by Gasteiger charge is -2.08. The van der Waals surface area contributed by atoms with Gasteiger partial charge in [0.15, 0.2) is 0 Å². The zero-order valence-electron chi connectivity index (χ0n) is 11.4. The van der Waals surface area contributed by atoms with Crippen molar-refractivity contribution in [3.63, 3.8) is 0 Å². The Morgan fingerprint density at radius 1 is 1.05 bits per heavy atom. The van der Waals surface area contributed by atoms with E-state index in [4.69, 9.17) is 14.9 Å². The smallest absolute Gasteiger partial charge is 0.416 e. The van der Waals surface area contributed by atoms with Gasteiger partial charge in [-0.2, -0.15) is 13.2 Å². The molecule has 1 aromatic heterocycles. The number of benzene rings is 2. The van der Waals surface area contributed by atoms with Crippen LogP contribution in [0.4, 0.5) is 18.9 Å². The van der Waals surface area contributed by atoms with Gasteiger partial charge in [-0.1, -0.05) is 0 Å². The van der Waals surface area contributed by atoms with Crippen LogP contribution in [0.5, 0.6) is 5.75 Å². The molecule has 1 heterocycles. The zero-order chi connectivity index (χ0) is 15.7. The molecule has 0 amide bonds. The van der Waals surface area contributed by atoms with Gasteiger partial charge in [-0.3, -0.25) is 0 Å². The SMILES string of the molecule is Nc1ccc2c(COc3ccc(C(F)(F)F)cc3)coc2c1.